The first-order valence-electron chi connectivity index (χ1n) is 7.97. The maximum absolute atomic E-state index is 12.1. The van der Waals surface area contributed by atoms with Crippen LogP contribution in [-0.2, 0) is 16.0 Å². The Hall–Kier alpha value is -2.14. The van der Waals surface area contributed by atoms with E-state index in [0.29, 0.717) is 25.0 Å². The molecule has 1 fully saturated rings. The fraction of sp³-hybridized carbons (Fsp3) is 0.263. The van der Waals surface area contributed by atoms with Gasteiger partial charge in [0, 0.05) is 35.6 Å². The molecule has 0 unspecified atom stereocenters. The smallest absolute Gasteiger partial charge is 0.311 e. The predicted octanol–water partition coefficient (Wildman–Crippen LogP) is 4.11. The zero-order valence-electron chi connectivity index (χ0n) is 13.2. The molecule has 0 aliphatic carbocycles. The van der Waals surface area contributed by atoms with Gasteiger partial charge in [0.25, 0.3) is 0 Å². The highest BCUT2D eigenvalue weighted by atomic mass is 79.9. The van der Waals surface area contributed by atoms with Crippen molar-refractivity contribution in [2.45, 2.75) is 25.7 Å². The number of hydrogen-bond donors (Lipinski definition) is 0. The van der Waals surface area contributed by atoms with Gasteiger partial charge in [0.15, 0.2) is 0 Å². The molecular formula is C19H18BrNO3. The summed E-state index contributed by atoms with van der Waals surface area (Å²) in [5.41, 5.74) is 1.87. The summed E-state index contributed by atoms with van der Waals surface area (Å²) in [5.74, 6) is 0.319. The number of esters is 1. The summed E-state index contributed by atoms with van der Waals surface area (Å²) in [4.78, 5) is 25.6. The average Bonchev–Trinajstić information content (AvgIpc) is 2.99. The number of rotatable bonds is 5. The second-order valence-electron chi connectivity index (χ2n) is 5.75. The van der Waals surface area contributed by atoms with Crippen molar-refractivity contribution in [1.29, 1.82) is 0 Å². The van der Waals surface area contributed by atoms with Crippen LogP contribution in [0.15, 0.2) is 53.0 Å². The number of anilines is 1. The summed E-state index contributed by atoms with van der Waals surface area (Å²) in [7, 11) is 0. The molecule has 2 aromatic carbocycles. The van der Waals surface area contributed by atoms with Crippen LogP contribution in [0.25, 0.3) is 0 Å². The quantitative estimate of drug-likeness (QED) is 0.572. The maximum atomic E-state index is 12.1. The molecule has 1 aliphatic rings. The van der Waals surface area contributed by atoms with Gasteiger partial charge in [0.2, 0.25) is 5.91 Å². The van der Waals surface area contributed by atoms with Crippen LogP contribution in [0, 0.1) is 0 Å². The molecule has 24 heavy (non-hydrogen) atoms. The van der Waals surface area contributed by atoms with Gasteiger partial charge in [-0.1, -0.05) is 34.1 Å². The van der Waals surface area contributed by atoms with E-state index < -0.39 is 0 Å². The summed E-state index contributed by atoms with van der Waals surface area (Å²) in [6, 6.07) is 15.0. The monoisotopic (exact) mass is 387 g/mol. The number of carbonyl (C=O) groups is 2. The van der Waals surface area contributed by atoms with Crippen LogP contribution in [0.1, 0.15) is 24.8 Å². The summed E-state index contributed by atoms with van der Waals surface area (Å²) < 4.78 is 6.41. The van der Waals surface area contributed by atoms with Crippen molar-refractivity contribution in [2.24, 2.45) is 0 Å². The van der Waals surface area contributed by atoms with Crippen molar-refractivity contribution in [1.82, 2.24) is 0 Å². The zero-order valence-corrected chi connectivity index (χ0v) is 14.8. The third kappa shape index (κ3) is 4.23. The number of ether oxygens (including phenoxy) is 1. The first-order chi connectivity index (χ1) is 11.6. The largest absolute Gasteiger partial charge is 0.426 e. The van der Waals surface area contributed by atoms with Crippen molar-refractivity contribution in [3.8, 4) is 5.75 Å². The van der Waals surface area contributed by atoms with Gasteiger partial charge in [0.05, 0.1) is 0 Å². The van der Waals surface area contributed by atoms with Crippen molar-refractivity contribution < 1.29 is 14.3 Å². The first-order valence-corrected chi connectivity index (χ1v) is 8.77. The molecule has 4 nitrogen and oxygen atoms in total. The van der Waals surface area contributed by atoms with Crippen LogP contribution < -0.4 is 9.64 Å². The van der Waals surface area contributed by atoms with E-state index in [2.05, 4.69) is 15.9 Å². The Morgan fingerprint density at radius 2 is 2.00 bits per heavy atom. The number of hydrogen-bond acceptors (Lipinski definition) is 3. The average molecular weight is 388 g/mol. The van der Waals surface area contributed by atoms with Gasteiger partial charge in [-0.15, -0.1) is 0 Å². The van der Waals surface area contributed by atoms with Gasteiger partial charge in [-0.25, -0.2) is 0 Å². The van der Waals surface area contributed by atoms with Gasteiger partial charge in [-0.3, -0.25) is 9.59 Å². The Bertz CT molecular complexity index is 760. The van der Waals surface area contributed by atoms with Crippen LogP contribution in [0.2, 0.25) is 0 Å². The van der Waals surface area contributed by atoms with Crippen LogP contribution in [0.5, 0.6) is 5.75 Å². The molecule has 0 saturated carbocycles. The molecule has 0 bridgehead atoms. The number of carbonyl (C=O) groups excluding carboxylic acids is 2. The molecule has 3 rings (SSSR count). The SMILES string of the molecule is O=C(CCc1cccc(Br)c1)Oc1cccc(N2CCCC2=O)c1. The number of aryl methyl sites for hydroxylation is 1. The van der Waals surface area contributed by atoms with E-state index in [0.717, 1.165) is 28.7 Å². The highest BCUT2D eigenvalue weighted by molar-refractivity contribution is 9.10. The number of benzene rings is 2. The molecule has 1 aliphatic heterocycles. The molecule has 1 amide bonds. The van der Waals surface area contributed by atoms with Crippen LogP contribution in [-0.4, -0.2) is 18.4 Å². The standard InChI is InChI=1S/C19H18BrNO3/c20-15-5-1-4-14(12-15)9-10-19(23)24-17-7-2-6-16(13-17)21-11-3-8-18(21)22/h1-2,4-7,12-13H,3,8-11H2. The molecule has 1 heterocycles. The van der Waals surface area contributed by atoms with E-state index >= 15 is 0 Å². The molecule has 124 valence electrons. The van der Waals surface area contributed by atoms with Crippen molar-refractivity contribution in [3.05, 3.63) is 58.6 Å². The van der Waals surface area contributed by atoms with E-state index in [-0.39, 0.29) is 11.9 Å². The summed E-state index contributed by atoms with van der Waals surface area (Å²) >= 11 is 3.42. The summed E-state index contributed by atoms with van der Waals surface area (Å²) in [6.45, 7) is 0.721. The normalized spacial score (nSPS) is 14.0. The molecule has 0 spiro atoms. The number of amides is 1. The van der Waals surface area contributed by atoms with Gasteiger partial charge in [-0.2, -0.15) is 0 Å². The van der Waals surface area contributed by atoms with Crippen LogP contribution in [0.3, 0.4) is 0 Å². The fourth-order valence-corrected chi connectivity index (χ4v) is 3.20. The van der Waals surface area contributed by atoms with Crippen molar-refractivity contribution in [2.75, 3.05) is 11.4 Å². The first kappa shape index (κ1) is 16.7. The van der Waals surface area contributed by atoms with E-state index in [4.69, 9.17) is 4.74 Å². The van der Waals surface area contributed by atoms with Gasteiger partial charge < -0.3 is 9.64 Å². The third-order valence-corrected chi connectivity index (χ3v) is 4.43. The highest BCUT2D eigenvalue weighted by Crippen LogP contribution is 2.25. The molecule has 0 aromatic heterocycles. The van der Waals surface area contributed by atoms with Gasteiger partial charge >= 0.3 is 5.97 Å². The zero-order chi connectivity index (χ0) is 16.9. The Labute approximate surface area is 149 Å². The van der Waals surface area contributed by atoms with E-state index in [1.165, 1.54) is 0 Å². The van der Waals surface area contributed by atoms with E-state index in [1.54, 1.807) is 23.1 Å². The second kappa shape index (κ2) is 7.62. The summed E-state index contributed by atoms with van der Waals surface area (Å²) in [6.07, 6.45) is 2.39. The Morgan fingerprint density at radius 1 is 1.17 bits per heavy atom. The van der Waals surface area contributed by atoms with Crippen molar-refractivity contribution in [3.63, 3.8) is 0 Å². The number of nitrogens with zero attached hydrogens (tertiary/aromatic N) is 1. The second-order valence-corrected chi connectivity index (χ2v) is 6.67. The molecule has 0 atom stereocenters. The molecular weight excluding hydrogens is 370 g/mol. The predicted molar refractivity (Wildman–Crippen MR) is 96.1 cm³/mol. The maximum Gasteiger partial charge on any atom is 0.311 e. The fourth-order valence-electron chi connectivity index (χ4n) is 2.76. The topological polar surface area (TPSA) is 46.6 Å². The third-order valence-electron chi connectivity index (χ3n) is 3.94. The minimum Gasteiger partial charge on any atom is -0.426 e. The summed E-state index contributed by atoms with van der Waals surface area (Å²) in [5, 5.41) is 0. The minimum absolute atomic E-state index is 0.119. The Morgan fingerprint density at radius 3 is 2.75 bits per heavy atom. The lowest BCUT2D eigenvalue weighted by Gasteiger charge is -2.16. The molecule has 0 radical (unpaired) electrons. The van der Waals surface area contributed by atoms with E-state index in [1.807, 2.05) is 30.3 Å². The van der Waals surface area contributed by atoms with Crippen LogP contribution >= 0.6 is 15.9 Å². The molecule has 1 saturated heterocycles. The lowest BCUT2D eigenvalue weighted by molar-refractivity contribution is -0.134. The Kier molecular flexibility index (Phi) is 5.30. The lowest BCUT2D eigenvalue weighted by atomic mass is 10.1. The van der Waals surface area contributed by atoms with Crippen LogP contribution in [0.4, 0.5) is 5.69 Å². The Balaban J connectivity index is 1.59. The highest BCUT2D eigenvalue weighted by Gasteiger charge is 2.22. The lowest BCUT2D eigenvalue weighted by Crippen LogP contribution is -2.23. The van der Waals surface area contributed by atoms with E-state index in [9.17, 15) is 9.59 Å². The van der Waals surface area contributed by atoms with Gasteiger partial charge in [0.1, 0.15) is 5.75 Å². The minimum atomic E-state index is -0.278. The van der Waals surface area contributed by atoms with Gasteiger partial charge in [-0.05, 0) is 42.7 Å². The molecule has 5 heteroatoms. The number of halogens is 1. The molecule has 0 N–H and O–H groups in total. The van der Waals surface area contributed by atoms with Crippen molar-refractivity contribution >= 4 is 33.5 Å². The molecule has 2 aromatic rings.